The zero-order chi connectivity index (χ0) is 20.3. The summed E-state index contributed by atoms with van der Waals surface area (Å²) < 4.78 is 10.7. The van der Waals surface area contributed by atoms with Crippen molar-refractivity contribution in [2.45, 2.75) is 25.5 Å². The summed E-state index contributed by atoms with van der Waals surface area (Å²) >= 11 is 1.52. The van der Waals surface area contributed by atoms with Crippen LogP contribution in [0.2, 0.25) is 0 Å². The van der Waals surface area contributed by atoms with Gasteiger partial charge in [-0.3, -0.25) is 4.79 Å². The van der Waals surface area contributed by atoms with Crippen LogP contribution in [0.5, 0.6) is 11.5 Å². The van der Waals surface area contributed by atoms with Crippen LogP contribution in [0.1, 0.15) is 16.9 Å². The number of nitrogens with one attached hydrogen (secondary N) is 1. The van der Waals surface area contributed by atoms with Crippen LogP contribution >= 0.6 is 11.3 Å². The third-order valence-electron chi connectivity index (χ3n) is 4.98. The van der Waals surface area contributed by atoms with Crippen molar-refractivity contribution in [2.24, 2.45) is 5.16 Å². The molecule has 0 spiro atoms. The minimum Gasteiger partial charge on any atom is -0.454 e. The van der Waals surface area contributed by atoms with Gasteiger partial charge in [-0.15, -0.1) is 11.3 Å². The van der Waals surface area contributed by atoms with Crippen molar-refractivity contribution < 1.29 is 19.1 Å². The molecule has 2 aromatic carbocycles. The Morgan fingerprint density at radius 2 is 2.00 bits per heavy atom. The van der Waals surface area contributed by atoms with E-state index in [-0.39, 0.29) is 12.7 Å². The number of hydrogen-bond acceptors (Lipinski definition) is 7. The summed E-state index contributed by atoms with van der Waals surface area (Å²) in [6, 6.07) is 15.7. The maximum atomic E-state index is 12.6. The van der Waals surface area contributed by atoms with Crippen molar-refractivity contribution in [1.82, 2.24) is 10.3 Å². The molecule has 0 bridgehead atoms. The van der Waals surface area contributed by atoms with E-state index in [4.69, 9.17) is 14.3 Å². The predicted molar refractivity (Wildman–Crippen MR) is 113 cm³/mol. The lowest BCUT2D eigenvalue weighted by Crippen LogP contribution is -2.34. The van der Waals surface area contributed by atoms with Gasteiger partial charge in [0.2, 0.25) is 12.9 Å². The molecule has 1 unspecified atom stereocenters. The molecule has 1 N–H and O–H groups in total. The summed E-state index contributed by atoms with van der Waals surface area (Å²) in [5, 5.41) is 7.06. The van der Waals surface area contributed by atoms with Crippen molar-refractivity contribution in [1.29, 1.82) is 0 Å². The quantitative estimate of drug-likeness (QED) is 0.658. The number of thiazole rings is 1. The highest BCUT2D eigenvalue weighted by molar-refractivity contribution is 7.10. The van der Waals surface area contributed by atoms with E-state index in [0.29, 0.717) is 19.4 Å². The molecule has 7 nitrogen and oxygen atoms in total. The molecule has 2 aliphatic heterocycles. The number of amides is 1. The van der Waals surface area contributed by atoms with Crippen molar-refractivity contribution in [3.8, 4) is 22.8 Å². The van der Waals surface area contributed by atoms with E-state index in [9.17, 15) is 4.79 Å². The minimum absolute atomic E-state index is 0.174. The fraction of sp³-hybridized carbons (Fsp3) is 0.227. The topological polar surface area (TPSA) is 82.0 Å². The first-order valence-electron chi connectivity index (χ1n) is 9.62. The molecule has 1 atom stereocenters. The van der Waals surface area contributed by atoms with Gasteiger partial charge in [0.1, 0.15) is 0 Å². The first-order chi connectivity index (χ1) is 14.8. The molecule has 0 saturated carbocycles. The van der Waals surface area contributed by atoms with E-state index >= 15 is 0 Å². The molecular weight excluding hydrogens is 402 g/mol. The first kappa shape index (κ1) is 18.6. The maximum absolute atomic E-state index is 12.6. The zero-order valence-corrected chi connectivity index (χ0v) is 16.9. The van der Waals surface area contributed by atoms with E-state index in [1.807, 2.05) is 48.5 Å². The van der Waals surface area contributed by atoms with Gasteiger partial charge in [-0.25, -0.2) is 4.98 Å². The monoisotopic (exact) mass is 421 g/mol. The van der Waals surface area contributed by atoms with Crippen LogP contribution in [0.15, 0.2) is 59.2 Å². The zero-order valence-electron chi connectivity index (χ0n) is 16.0. The van der Waals surface area contributed by atoms with Gasteiger partial charge in [0.25, 0.3) is 5.91 Å². The second-order valence-electron chi connectivity index (χ2n) is 7.03. The Hall–Kier alpha value is -3.39. The Morgan fingerprint density at radius 3 is 2.90 bits per heavy atom. The van der Waals surface area contributed by atoms with Crippen molar-refractivity contribution in [3.63, 3.8) is 0 Å². The molecule has 8 heteroatoms. The molecule has 3 heterocycles. The Morgan fingerprint density at radius 1 is 1.13 bits per heavy atom. The maximum Gasteiger partial charge on any atom is 0.264 e. The second kappa shape index (κ2) is 8.16. The van der Waals surface area contributed by atoms with Gasteiger partial charge in [0.05, 0.1) is 28.3 Å². The largest absolute Gasteiger partial charge is 0.454 e. The molecule has 0 aliphatic carbocycles. The van der Waals surface area contributed by atoms with E-state index < -0.39 is 6.10 Å². The van der Waals surface area contributed by atoms with Gasteiger partial charge in [-0.2, -0.15) is 0 Å². The molecule has 0 fully saturated rings. The number of oxime groups is 1. The molecule has 2 aliphatic rings. The normalized spacial score (nSPS) is 16.8. The van der Waals surface area contributed by atoms with Crippen LogP contribution in [0.3, 0.4) is 0 Å². The number of ether oxygens (including phenoxy) is 2. The van der Waals surface area contributed by atoms with Gasteiger partial charge in [-0.05, 0) is 17.7 Å². The van der Waals surface area contributed by atoms with Crippen LogP contribution in [-0.2, 0) is 22.6 Å². The lowest BCUT2D eigenvalue weighted by atomic mass is 10.0. The van der Waals surface area contributed by atoms with Gasteiger partial charge < -0.3 is 19.6 Å². The fourth-order valence-electron chi connectivity index (χ4n) is 3.47. The molecule has 1 amide bonds. The number of carbonyl (C=O) groups is 1. The molecule has 0 radical (unpaired) electrons. The van der Waals surface area contributed by atoms with Crippen LogP contribution in [0, 0.1) is 0 Å². The highest BCUT2D eigenvalue weighted by Crippen LogP contribution is 2.33. The average molecular weight is 421 g/mol. The predicted octanol–water partition coefficient (Wildman–Crippen LogP) is 3.54. The number of fused-ring (bicyclic) bond motifs is 1. The van der Waals surface area contributed by atoms with E-state index in [1.54, 1.807) is 5.51 Å². The van der Waals surface area contributed by atoms with Crippen LogP contribution in [0.25, 0.3) is 11.3 Å². The van der Waals surface area contributed by atoms with Crippen molar-refractivity contribution in [2.75, 3.05) is 6.79 Å². The number of aromatic nitrogens is 1. The lowest BCUT2D eigenvalue weighted by Gasteiger charge is -2.09. The highest BCUT2D eigenvalue weighted by Gasteiger charge is 2.28. The molecule has 3 aromatic rings. The number of rotatable bonds is 6. The number of carbonyl (C=O) groups excluding carboxylic acids is 1. The van der Waals surface area contributed by atoms with Gasteiger partial charge in [0, 0.05) is 18.4 Å². The van der Waals surface area contributed by atoms with E-state index in [2.05, 4.69) is 15.5 Å². The van der Waals surface area contributed by atoms with E-state index in [1.165, 1.54) is 11.3 Å². The van der Waals surface area contributed by atoms with Gasteiger partial charge in [0.15, 0.2) is 11.5 Å². The molecule has 30 heavy (non-hydrogen) atoms. The van der Waals surface area contributed by atoms with Gasteiger partial charge in [-0.1, -0.05) is 41.6 Å². The Labute approximate surface area is 177 Å². The third-order valence-corrected chi connectivity index (χ3v) is 5.81. The average Bonchev–Trinajstić information content (AvgIpc) is 3.53. The highest BCUT2D eigenvalue weighted by atomic mass is 32.1. The number of nitrogens with zero attached hydrogens (tertiary/aromatic N) is 2. The second-order valence-corrected chi connectivity index (χ2v) is 7.97. The summed E-state index contributed by atoms with van der Waals surface area (Å²) in [6.07, 6.45) is 0.462. The Balaban J connectivity index is 1.16. The lowest BCUT2D eigenvalue weighted by molar-refractivity contribution is -0.131. The summed E-state index contributed by atoms with van der Waals surface area (Å²) in [5.74, 6) is 1.31. The first-order valence-corrected chi connectivity index (χ1v) is 10.5. The summed E-state index contributed by atoms with van der Waals surface area (Å²) in [7, 11) is 0. The van der Waals surface area contributed by atoms with Crippen LogP contribution < -0.4 is 14.8 Å². The van der Waals surface area contributed by atoms with Crippen molar-refractivity contribution >= 4 is 23.0 Å². The number of benzene rings is 2. The Kier molecular flexibility index (Phi) is 5.06. The molecular formula is C22H19N3O4S. The van der Waals surface area contributed by atoms with Crippen molar-refractivity contribution in [3.05, 3.63) is 64.5 Å². The van der Waals surface area contributed by atoms with Gasteiger partial charge >= 0.3 is 0 Å². The summed E-state index contributed by atoms with van der Waals surface area (Å²) in [4.78, 5) is 23.4. The van der Waals surface area contributed by atoms with Crippen LogP contribution in [-0.4, -0.2) is 29.5 Å². The standard InChI is InChI=1S/C22H19N3O4S/c26-22(23-11-20-21(24-12-30-20)15-4-2-1-3-5-15)19-10-16(25-29-19)8-14-6-7-17-18(9-14)28-13-27-17/h1-7,9,12,19H,8,10-11,13H2,(H,23,26). The molecule has 1 aromatic heterocycles. The Bertz CT molecular complexity index is 1100. The van der Waals surface area contributed by atoms with Crippen LogP contribution in [0.4, 0.5) is 0 Å². The molecule has 0 saturated heterocycles. The fourth-order valence-corrected chi connectivity index (χ4v) is 4.19. The summed E-state index contributed by atoms with van der Waals surface area (Å²) in [5.41, 5.74) is 5.60. The number of hydrogen-bond donors (Lipinski definition) is 1. The van der Waals surface area contributed by atoms with E-state index in [0.717, 1.165) is 38.9 Å². The minimum atomic E-state index is -0.609. The molecule has 152 valence electrons. The third kappa shape index (κ3) is 3.86. The SMILES string of the molecule is O=C(NCc1scnc1-c1ccccc1)C1CC(Cc2ccc3c(c2)OCO3)=NO1. The molecule has 5 rings (SSSR count). The smallest absolute Gasteiger partial charge is 0.264 e. The summed E-state index contributed by atoms with van der Waals surface area (Å²) in [6.45, 7) is 0.655.